The van der Waals surface area contributed by atoms with Crippen molar-refractivity contribution in [2.75, 3.05) is 0 Å². The number of rotatable bonds is 4. The van der Waals surface area contributed by atoms with E-state index in [4.69, 9.17) is 0 Å². The highest BCUT2D eigenvalue weighted by atomic mass is 31.1. The van der Waals surface area contributed by atoms with E-state index in [1.165, 1.54) is 6.07 Å². The fourth-order valence-electron chi connectivity index (χ4n) is 2.63. The van der Waals surface area contributed by atoms with Gasteiger partial charge in [-0.15, -0.1) is 0 Å². The monoisotopic (exact) mass is 312 g/mol. The summed E-state index contributed by atoms with van der Waals surface area (Å²) in [5.41, 5.74) is 0.936. The minimum Gasteiger partial charge on any atom is -0.507 e. The fourth-order valence-corrected chi connectivity index (χ4v) is 3.76. The average Bonchev–Trinajstić information content (AvgIpc) is 2.54. The minimum atomic E-state index is -0.217. The topological polar surface area (TPSA) is 20.2 Å². The van der Waals surface area contributed by atoms with Crippen LogP contribution < -0.4 is 10.6 Å². The van der Waals surface area contributed by atoms with Gasteiger partial charge in [-0.2, -0.15) is 0 Å². The largest absolute Gasteiger partial charge is 0.507 e. The van der Waals surface area contributed by atoms with Gasteiger partial charge < -0.3 is 5.11 Å². The molecule has 2 aromatic rings. The third-order valence-corrected chi connectivity index (χ3v) is 5.16. The number of phenols is 1. The molecule has 1 aliphatic rings. The molecule has 3 heteroatoms. The maximum atomic E-state index is 13.8. The van der Waals surface area contributed by atoms with Gasteiger partial charge in [0.1, 0.15) is 11.6 Å². The first-order valence-corrected chi connectivity index (χ1v) is 8.40. The first kappa shape index (κ1) is 15.0. The van der Waals surface area contributed by atoms with Crippen molar-refractivity contribution >= 4 is 19.2 Å². The number of hydrogen-bond donors (Lipinski definition) is 1. The molecule has 0 heterocycles. The molecule has 0 fully saturated rings. The van der Waals surface area contributed by atoms with Crippen LogP contribution in [0.5, 0.6) is 5.75 Å². The number of para-hydroxylation sites is 1. The molecule has 22 heavy (non-hydrogen) atoms. The second-order valence-corrected chi connectivity index (χ2v) is 6.76. The lowest BCUT2D eigenvalue weighted by atomic mass is 9.93. The summed E-state index contributed by atoms with van der Waals surface area (Å²) in [5.74, 6) is 0.515. The van der Waals surface area contributed by atoms with Crippen molar-refractivity contribution in [3.8, 4) is 5.75 Å². The van der Waals surface area contributed by atoms with E-state index in [0.29, 0.717) is 17.0 Å². The van der Waals surface area contributed by atoms with Gasteiger partial charge in [0.2, 0.25) is 0 Å². The summed E-state index contributed by atoms with van der Waals surface area (Å²) in [5, 5.41) is 12.0. The number of halogens is 1. The van der Waals surface area contributed by atoms with Gasteiger partial charge in [0.05, 0.1) is 0 Å². The smallest absolute Gasteiger partial charge is 0.130 e. The summed E-state index contributed by atoms with van der Waals surface area (Å²) in [4.78, 5) is 0. The lowest BCUT2D eigenvalue weighted by molar-refractivity contribution is 0.467. The highest BCUT2D eigenvalue weighted by molar-refractivity contribution is 7.55. The molecule has 1 nitrogen and oxygen atoms in total. The lowest BCUT2D eigenvalue weighted by Crippen LogP contribution is -2.10. The van der Waals surface area contributed by atoms with Gasteiger partial charge in [-0.1, -0.05) is 69.3 Å². The van der Waals surface area contributed by atoms with Gasteiger partial charge in [-0.25, -0.2) is 4.39 Å². The molecule has 3 rings (SSSR count). The molecular weight excluding hydrogens is 294 g/mol. The van der Waals surface area contributed by atoms with Crippen molar-refractivity contribution in [1.29, 1.82) is 0 Å². The van der Waals surface area contributed by atoms with E-state index in [2.05, 4.69) is 18.2 Å². The predicted molar refractivity (Wildman–Crippen MR) is 92.2 cm³/mol. The van der Waals surface area contributed by atoms with E-state index in [9.17, 15) is 9.50 Å². The quantitative estimate of drug-likeness (QED) is 0.851. The molecule has 2 aromatic carbocycles. The Hall–Kier alpha value is -1.92. The van der Waals surface area contributed by atoms with Crippen molar-refractivity contribution < 1.29 is 9.50 Å². The molecule has 2 atom stereocenters. The van der Waals surface area contributed by atoms with Crippen molar-refractivity contribution in [1.82, 2.24) is 0 Å². The number of phenolic OH excluding ortho intramolecular Hbond substituents is 1. The Balaban J connectivity index is 1.81. The molecule has 0 radical (unpaired) electrons. The molecule has 0 saturated heterocycles. The van der Waals surface area contributed by atoms with Crippen LogP contribution in [0.15, 0.2) is 66.8 Å². The van der Waals surface area contributed by atoms with Crippen molar-refractivity contribution in [2.24, 2.45) is 5.92 Å². The molecule has 1 aliphatic carbocycles. The van der Waals surface area contributed by atoms with Crippen LogP contribution >= 0.6 is 8.58 Å². The first-order chi connectivity index (χ1) is 10.7. The molecular formula is C19H18FOP. The van der Waals surface area contributed by atoms with Crippen molar-refractivity contribution in [3.05, 3.63) is 78.1 Å². The molecule has 0 bridgehead atoms. The van der Waals surface area contributed by atoms with Gasteiger partial charge in [-0.3, -0.25) is 0 Å². The van der Waals surface area contributed by atoms with Gasteiger partial charge in [0.15, 0.2) is 0 Å². The molecule has 1 N–H and O–H groups in total. The standard InChI is InChI=1S/C19H18FOP/c20-16-10-4-5-11-17(16)22-18-12-6-9-15(19(18)21)13-14-7-2-1-3-8-14/h1-7,9-12,14,21-22H,8,13H2. The Morgan fingerprint density at radius 3 is 2.64 bits per heavy atom. The van der Waals surface area contributed by atoms with Gasteiger partial charge in [0.25, 0.3) is 0 Å². The predicted octanol–water partition coefficient (Wildman–Crippen LogP) is 3.84. The van der Waals surface area contributed by atoms with E-state index in [1.807, 2.05) is 30.3 Å². The maximum absolute atomic E-state index is 13.8. The minimum absolute atomic E-state index is 0.126. The van der Waals surface area contributed by atoms with Crippen LogP contribution in [0.3, 0.4) is 0 Å². The highest BCUT2D eigenvalue weighted by Gasteiger charge is 2.13. The Labute approximate surface area is 132 Å². The van der Waals surface area contributed by atoms with Crippen molar-refractivity contribution in [2.45, 2.75) is 12.8 Å². The molecule has 0 aliphatic heterocycles. The maximum Gasteiger partial charge on any atom is 0.130 e. The summed E-state index contributed by atoms with van der Waals surface area (Å²) in [6.07, 6.45) is 10.2. The lowest BCUT2D eigenvalue weighted by Gasteiger charge is -2.15. The zero-order valence-corrected chi connectivity index (χ0v) is 13.2. The SMILES string of the molecule is Oc1c(CC2C=CC=CC2)cccc1Pc1ccccc1F. The van der Waals surface area contributed by atoms with Crippen LogP contribution in [0.2, 0.25) is 0 Å². The summed E-state index contributed by atoms with van der Waals surface area (Å²) in [6.45, 7) is 0. The van der Waals surface area contributed by atoms with Crippen LogP contribution in [0.1, 0.15) is 12.0 Å². The highest BCUT2D eigenvalue weighted by Crippen LogP contribution is 2.27. The Morgan fingerprint density at radius 1 is 1.05 bits per heavy atom. The summed E-state index contributed by atoms with van der Waals surface area (Å²) in [7, 11) is 0.126. The number of benzene rings is 2. The van der Waals surface area contributed by atoms with E-state index < -0.39 is 0 Å². The van der Waals surface area contributed by atoms with Gasteiger partial charge in [0, 0.05) is 10.6 Å². The zero-order chi connectivity index (χ0) is 15.4. The van der Waals surface area contributed by atoms with Gasteiger partial charge in [-0.05, 0) is 30.4 Å². The summed E-state index contributed by atoms with van der Waals surface area (Å²) in [6, 6.07) is 12.5. The van der Waals surface area contributed by atoms with Crippen LogP contribution in [-0.4, -0.2) is 5.11 Å². The molecule has 0 saturated carbocycles. The summed E-state index contributed by atoms with van der Waals surface area (Å²) >= 11 is 0. The third-order valence-electron chi connectivity index (χ3n) is 3.81. The fraction of sp³-hybridized carbons (Fsp3) is 0.158. The van der Waals surface area contributed by atoms with Crippen LogP contribution in [0.25, 0.3) is 0 Å². The second-order valence-electron chi connectivity index (χ2n) is 5.43. The van der Waals surface area contributed by atoms with E-state index >= 15 is 0 Å². The second kappa shape index (κ2) is 6.89. The normalized spacial score (nSPS) is 17.4. The van der Waals surface area contributed by atoms with Crippen LogP contribution in [0, 0.1) is 11.7 Å². The van der Waals surface area contributed by atoms with Crippen LogP contribution in [-0.2, 0) is 6.42 Å². The number of hydrogen-bond acceptors (Lipinski definition) is 1. The van der Waals surface area contributed by atoms with E-state index in [0.717, 1.165) is 23.7 Å². The summed E-state index contributed by atoms with van der Waals surface area (Å²) < 4.78 is 13.8. The van der Waals surface area contributed by atoms with Gasteiger partial charge >= 0.3 is 0 Å². The number of allylic oxidation sites excluding steroid dienone is 4. The molecule has 0 aromatic heterocycles. The Morgan fingerprint density at radius 2 is 1.86 bits per heavy atom. The Kier molecular flexibility index (Phi) is 4.70. The Bertz CT molecular complexity index is 721. The molecule has 0 spiro atoms. The zero-order valence-electron chi connectivity index (χ0n) is 12.2. The number of aromatic hydroxyl groups is 1. The first-order valence-electron chi connectivity index (χ1n) is 7.40. The van der Waals surface area contributed by atoms with Crippen molar-refractivity contribution in [3.63, 3.8) is 0 Å². The third kappa shape index (κ3) is 3.45. The van der Waals surface area contributed by atoms with E-state index in [-0.39, 0.29) is 14.4 Å². The van der Waals surface area contributed by atoms with E-state index in [1.54, 1.807) is 12.1 Å². The molecule has 0 amide bonds. The van der Waals surface area contributed by atoms with Crippen LogP contribution in [0.4, 0.5) is 4.39 Å². The average molecular weight is 312 g/mol. The molecule has 2 unspecified atom stereocenters. The molecule has 112 valence electrons.